The van der Waals surface area contributed by atoms with Gasteiger partial charge in [-0.2, -0.15) is 16.9 Å². The second-order valence-electron chi connectivity index (χ2n) is 7.18. The van der Waals surface area contributed by atoms with Crippen LogP contribution in [0.1, 0.15) is 24.0 Å². The van der Waals surface area contributed by atoms with E-state index in [0.717, 1.165) is 19.1 Å². The van der Waals surface area contributed by atoms with Gasteiger partial charge in [0.1, 0.15) is 0 Å². The van der Waals surface area contributed by atoms with Gasteiger partial charge in [-0.05, 0) is 41.5 Å². The number of thioether (sulfide) groups is 1. The molecule has 4 rings (SSSR count). The van der Waals surface area contributed by atoms with Crippen molar-refractivity contribution in [3.8, 4) is 0 Å². The molecular formula is C20H28N4S. The summed E-state index contributed by atoms with van der Waals surface area (Å²) < 4.78 is 1.97. The van der Waals surface area contributed by atoms with Crippen molar-refractivity contribution < 1.29 is 0 Å². The van der Waals surface area contributed by atoms with Crippen LogP contribution in [0.4, 0.5) is 0 Å². The summed E-state index contributed by atoms with van der Waals surface area (Å²) in [6, 6.07) is 11.9. The molecule has 0 atom stereocenters. The van der Waals surface area contributed by atoms with E-state index in [1.54, 1.807) is 0 Å². The molecule has 25 heavy (non-hydrogen) atoms. The zero-order valence-electron chi connectivity index (χ0n) is 14.9. The monoisotopic (exact) mass is 356 g/mol. The number of nitrogens with zero attached hydrogens (tertiary/aromatic N) is 4. The summed E-state index contributed by atoms with van der Waals surface area (Å²) in [5, 5.41) is 4.28. The summed E-state index contributed by atoms with van der Waals surface area (Å²) >= 11 is 2.12. The number of hydrogen-bond acceptors (Lipinski definition) is 4. The van der Waals surface area contributed by atoms with Crippen molar-refractivity contribution in [1.82, 2.24) is 19.6 Å². The maximum atomic E-state index is 4.28. The van der Waals surface area contributed by atoms with Gasteiger partial charge in [-0.3, -0.25) is 14.5 Å². The van der Waals surface area contributed by atoms with E-state index in [2.05, 4.69) is 50.9 Å². The number of piperazine rings is 1. The molecule has 4 nitrogen and oxygen atoms in total. The Morgan fingerprint density at radius 1 is 0.920 bits per heavy atom. The Hall–Kier alpha value is -1.30. The van der Waals surface area contributed by atoms with Crippen LogP contribution in [0, 0.1) is 0 Å². The summed E-state index contributed by atoms with van der Waals surface area (Å²) in [5.74, 6) is 2.71. The molecule has 0 amide bonds. The highest BCUT2D eigenvalue weighted by atomic mass is 32.2. The van der Waals surface area contributed by atoms with E-state index in [4.69, 9.17) is 0 Å². The van der Waals surface area contributed by atoms with Gasteiger partial charge in [-0.15, -0.1) is 0 Å². The molecule has 0 bridgehead atoms. The van der Waals surface area contributed by atoms with Crippen molar-refractivity contribution in [2.75, 3.05) is 37.7 Å². The highest BCUT2D eigenvalue weighted by Gasteiger charge is 2.25. The van der Waals surface area contributed by atoms with Crippen LogP contribution in [-0.2, 0) is 13.1 Å². The Morgan fingerprint density at radius 3 is 2.24 bits per heavy atom. The molecule has 3 heterocycles. The Morgan fingerprint density at radius 2 is 1.60 bits per heavy atom. The van der Waals surface area contributed by atoms with Gasteiger partial charge in [-0.25, -0.2) is 0 Å². The van der Waals surface area contributed by atoms with E-state index in [1.165, 1.54) is 61.7 Å². The van der Waals surface area contributed by atoms with Gasteiger partial charge in [0.2, 0.25) is 0 Å². The Bertz CT molecular complexity index is 626. The lowest BCUT2D eigenvalue weighted by Gasteiger charge is -2.40. The molecule has 2 aliphatic rings. The van der Waals surface area contributed by atoms with Crippen LogP contribution in [-0.4, -0.2) is 63.3 Å². The lowest BCUT2D eigenvalue weighted by atomic mass is 10.1. The van der Waals surface area contributed by atoms with Crippen LogP contribution in [0.2, 0.25) is 0 Å². The van der Waals surface area contributed by atoms with E-state index < -0.39 is 0 Å². The van der Waals surface area contributed by atoms with E-state index >= 15 is 0 Å². The summed E-state index contributed by atoms with van der Waals surface area (Å²) in [6.07, 6.45) is 6.63. The van der Waals surface area contributed by atoms with Gasteiger partial charge in [0, 0.05) is 51.2 Å². The molecule has 2 fully saturated rings. The molecule has 0 N–H and O–H groups in total. The van der Waals surface area contributed by atoms with Gasteiger partial charge in [0.05, 0.1) is 6.54 Å². The minimum atomic E-state index is 0.852. The molecule has 5 heteroatoms. The van der Waals surface area contributed by atoms with Crippen LogP contribution in [0.15, 0.2) is 42.7 Å². The molecule has 0 unspecified atom stereocenters. The predicted molar refractivity (Wildman–Crippen MR) is 105 cm³/mol. The second kappa shape index (κ2) is 8.39. The standard InChI is InChI=1S/C20H28N4S/c1-8-21-24(9-1)17-19-4-2-18(3-5-19)16-22-10-12-23(13-11-22)20-6-14-25-15-7-20/h1-5,8-9,20H,6-7,10-17H2. The molecule has 2 saturated heterocycles. The van der Waals surface area contributed by atoms with Gasteiger partial charge in [0.15, 0.2) is 0 Å². The van der Waals surface area contributed by atoms with Gasteiger partial charge in [-0.1, -0.05) is 24.3 Å². The first-order valence-corrected chi connectivity index (χ1v) is 10.6. The summed E-state index contributed by atoms with van der Waals surface area (Å²) in [7, 11) is 0. The minimum absolute atomic E-state index is 0.852. The molecule has 0 radical (unpaired) electrons. The summed E-state index contributed by atoms with van der Waals surface area (Å²) in [6.45, 7) is 6.83. The Kier molecular flexibility index (Phi) is 5.75. The van der Waals surface area contributed by atoms with Crippen LogP contribution in [0.25, 0.3) is 0 Å². The lowest BCUT2D eigenvalue weighted by Crippen LogP contribution is -2.50. The van der Waals surface area contributed by atoms with E-state index in [1.807, 2.05) is 23.1 Å². The number of aromatic nitrogens is 2. The average molecular weight is 357 g/mol. The number of rotatable bonds is 5. The fraction of sp³-hybridized carbons (Fsp3) is 0.550. The third-order valence-electron chi connectivity index (χ3n) is 5.45. The van der Waals surface area contributed by atoms with Gasteiger partial charge >= 0.3 is 0 Å². The van der Waals surface area contributed by atoms with Gasteiger partial charge < -0.3 is 0 Å². The molecule has 2 aromatic rings. The lowest BCUT2D eigenvalue weighted by molar-refractivity contribution is 0.0880. The SMILES string of the molecule is c1cnn(Cc2ccc(CN3CCN(C4CCSCC4)CC3)cc2)c1. The highest BCUT2D eigenvalue weighted by Crippen LogP contribution is 2.23. The molecule has 134 valence electrons. The first kappa shape index (κ1) is 17.1. The highest BCUT2D eigenvalue weighted by molar-refractivity contribution is 7.99. The predicted octanol–water partition coefficient (Wildman–Crippen LogP) is 2.94. The van der Waals surface area contributed by atoms with Crippen molar-refractivity contribution in [1.29, 1.82) is 0 Å². The smallest absolute Gasteiger partial charge is 0.0659 e. The molecule has 1 aromatic carbocycles. The zero-order chi connectivity index (χ0) is 16.9. The molecule has 2 aliphatic heterocycles. The Balaban J connectivity index is 1.25. The van der Waals surface area contributed by atoms with Crippen LogP contribution >= 0.6 is 11.8 Å². The number of hydrogen-bond donors (Lipinski definition) is 0. The largest absolute Gasteiger partial charge is 0.298 e. The minimum Gasteiger partial charge on any atom is -0.298 e. The van der Waals surface area contributed by atoms with Crippen molar-refractivity contribution in [2.24, 2.45) is 0 Å². The van der Waals surface area contributed by atoms with E-state index in [9.17, 15) is 0 Å². The third-order valence-corrected chi connectivity index (χ3v) is 6.50. The Labute approximate surface area is 155 Å². The topological polar surface area (TPSA) is 24.3 Å². The van der Waals surface area contributed by atoms with E-state index in [0.29, 0.717) is 0 Å². The normalized spacial score (nSPS) is 20.8. The maximum Gasteiger partial charge on any atom is 0.0659 e. The first-order valence-electron chi connectivity index (χ1n) is 9.46. The molecule has 0 spiro atoms. The fourth-order valence-corrected chi connectivity index (χ4v) is 5.01. The van der Waals surface area contributed by atoms with Crippen LogP contribution in [0.5, 0.6) is 0 Å². The molecule has 0 saturated carbocycles. The van der Waals surface area contributed by atoms with Crippen molar-refractivity contribution in [3.63, 3.8) is 0 Å². The summed E-state index contributed by atoms with van der Waals surface area (Å²) in [4.78, 5) is 5.35. The number of benzene rings is 1. The zero-order valence-corrected chi connectivity index (χ0v) is 15.7. The van der Waals surface area contributed by atoms with Crippen LogP contribution in [0.3, 0.4) is 0 Å². The van der Waals surface area contributed by atoms with Crippen LogP contribution < -0.4 is 0 Å². The fourth-order valence-electron chi connectivity index (χ4n) is 3.93. The van der Waals surface area contributed by atoms with Crippen molar-refractivity contribution in [2.45, 2.75) is 32.0 Å². The maximum absolute atomic E-state index is 4.28. The van der Waals surface area contributed by atoms with Crippen molar-refractivity contribution >= 4 is 11.8 Å². The summed E-state index contributed by atoms with van der Waals surface area (Å²) in [5.41, 5.74) is 2.74. The average Bonchev–Trinajstić information content (AvgIpc) is 3.18. The molecule has 1 aromatic heterocycles. The molecular weight excluding hydrogens is 328 g/mol. The third kappa shape index (κ3) is 4.66. The molecule has 0 aliphatic carbocycles. The second-order valence-corrected chi connectivity index (χ2v) is 8.40. The quantitative estimate of drug-likeness (QED) is 0.822. The first-order chi connectivity index (χ1) is 12.4. The van der Waals surface area contributed by atoms with Crippen molar-refractivity contribution in [3.05, 3.63) is 53.9 Å². The van der Waals surface area contributed by atoms with E-state index in [-0.39, 0.29) is 0 Å². The van der Waals surface area contributed by atoms with Gasteiger partial charge in [0.25, 0.3) is 0 Å².